The minimum atomic E-state index is -0.449. The lowest BCUT2D eigenvalue weighted by atomic mass is 10.1. The van der Waals surface area contributed by atoms with Crippen molar-refractivity contribution in [1.29, 1.82) is 0 Å². The SMILES string of the molecule is COc1ccc(NC(=O)c2ccc(C(=O)Nc3nnc(-c4cc(Cl)cc(Cl)c4O)s3)cc2)cc1Cl. The van der Waals surface area contributed by atoms with Crippen LogP contribution in [0.5, 0.6) is 11.5 Å². The number of aromatic hydroxyl groups is 1. The van der Waals surface area contributed by atoms with Crippen LogP contribution in [0.25, 0.3) is 10.6 Å². The van der Waals surface area contributed by atoms with E-state index in [4.69, 9.17) is 39.5 Å². The maximum atomic E-state index is 12.6. The number of nitrogens with zero attached hydrogens (tertiary/aromatic N) is 2. The van der Waals surface area contributed by atoms with Crippen molar-refractivity contribution in [2.75, 3.05) is 17.7 Å². The number of halogens is 3. The minimum Gasteiger partial charge on any atom is -0.506 e. The van der Waals surface area contributed by atoms with Crippen molar-refractivity contribution in [2.24, 2.45) is 0 Å². The molecule has 3 aromatic carbocycles. The van der Waals surface area contributed by atoms with Crippen LogP contribution in [0.1, 0.15) is 20.7 Å². The zero-order chi connectivity index (χ0) is 25.1. The fourth-order valence-corrected chi connectivity index (χ4v) is 4.51. The number of carbonyl (C=O) groups excluding carboxylic acids is 2. The molecule has 1 aromatic heterocycles. The van der Waals surface area contributed by atoms with Gasteiger partial charge in [-0.25, -0.2) is 0 Å². The molecule has 0 saturated carbocycles. The van der Waals surface area contributed by atoms with Crippen molar-refractivity contribution in [3.8, 4) is 22.1 Å². The molecule has 0 unspecified atom stereocenters. The van der Waals surface area contributed by atoms with Crippen molar-refractivity contribution in [2.45, 2.75) is 0 Å². The molecule has 0 fully saturated rings. The number of carbonyl (C=O) groups is 2. The molecule has 0 aliphatic carbocycles. The Kier molecular flexibility index (Phi) is 7.42. The second-order valence-corrected chi connectivity index (χ2v) is 9.26. The third-order valence-electron chi connectivity index (χ3n) is 4.72. The van der Waals surface area contributed by atoms with Crippen LogP contribution in [0.15, 0.2) is 54.6 Å². The highest BCUT2D eigenvalue weighted by Crippen LogP contribution is 2.39. The predicted molar refractivity (Wildman–Crippen MR) is 137 cm³/mol. The smallest absolute Gasteiger partial charge is 0.257 e. The van der Waals surface area contributed by atoms with Crippen molar-refractivity contribution >= 4 is 68.8 Å². The van der Waals surface area contributed by atoms with Gasteiger partial charge in [-0.15, -0.1) is 10.2 Å². The topological polar surface area (TPSA) is 113 Å². The number of methoxy groups -OCH3 is 1. The first kappa shape index (κ1) is 24.7. The number of benzene rings is 3. The molecule has 2 amide bonds. The van der Waals surface area contributed by atoms with E-state index in [2.05, 4.69) is 20.8 Å². The molecule has 35 heavy (non-hydrogen) atoms. The molecule has 0 atom stereocenters. The van der Waals surface area contributed by atoms with E-state index in [1.54, 1.807) is 18.2 Å². The molecule has 0 bridgehead atoms. The molecule has 8 nitrogen and oxygen atoms in total. The fourth-order valence-electron chi connectivity index (χ4n) is 3.00. The third-order valence-corrected chi connectivity index (χ3v) is 6.40. The van der Waals surface area contributed by atoms with Gasteiger partial charge >= 0.3 is 0 Å². The second-order valence-electron chi connectivity index (χ2n) is 7.03. The van der Waals surface area contributed by atoms with Gasteiger partial charge in [0.25, 0.3) is 11.8 Å². The van der Waals surface area contributed by atoms with Gasteiger partial charge in [0.1, 0.15) is 11.5 Å². The van der Waals surface area contributed by atoms with Gasteiger partial charge in [0.2, 0.25) is 5.13 Å². The second kappa shape index (κ2) is 10.5. The summed E-state index contributed by atoms with van der Waals surface area (Å²) in [5.41, 5.74) is 1.45. The fraction of sp³-hybridized carbons (Fsp3) is 0.0435. The van der Waals surface area contributed by atoms with E-state index in [1.165, 1.54) is 43.5 Å². The number of rotatable bonds is 6. The highest BCUT2D eigenvalue weighted by molar-refractivity contribution is 7.18. The molecule has 1 heterocycles. The van der Waals surface area contributed by atoms with Crippen LogP contribution in [-0.2, 0) is 0 Å². The Hall–Kier alpha value is -3.37. The highest BCUT2D eigenvalue weighted by atomic mass is 35.5. The standard InChI is InChI=1S/C23H15Cl3N4O4S/c1-34-18-7-6-14(10-16(18)25)27-20(32)11-2-4-12(5-3-11)21(33)28-23-30-29-22(35-23)15-8-13(24)9-17(26)19(15)31/h2-10,31H,1H3,(H,27,32)(H,28,30,33). The largest absolute Gasteiger partial charge is 0.506 e. The number of nitrogens with one attached hydrogen (secondary N) is 2. The minimum absolute atomic E-state index is 0.0764. The van der Waals surface area contributed by atoms with Crippen LogP contribution in [0.2, 0.25) is 15.1 Å². The van der Waals surface area contributed by atoms with Crippen LogP contribution in [-0.4, -0.2) is 34.2 Å². The quantitative estimate of drug-likeness (QED) is 0.257. The molecule has 4 aromatic rings. The van der Waals surface area contributed by atoms with E-state index < -0.39 is 5.91 Å². The zero-order valence-corrected chi connectivity index (χ0v) is 20.9. The first-order chi connectivity index (χ1) is 16.7. The van der Waals surface area contributed by atoms with Gasteiger partial charge in [0, 0.05) is 21.8 Å². The van der Waals surface area contributed by atoms with E-state index >= 15 is 0 Å². The Morgan fingerprint density at radius 2 is 1.54 bits per heavy atom. The lowest BCUT2D eigenvalue weighted by Crippen LogP contribution is -2.14. The van der Waals surface area contributed by atoms with Gasteiger partial charge in [-0.2, -0.15) is 0 Å². The first-order valence-electron chi connectivity index (χ1n) is 9.83. The van der Waals surface area contributed by atoms with Gasteiger partial charge in [-0.05, 0) is 54.6 Å². The Labute approximate surface area is 218 Å². The molecule has 0 spiro atoms. The summed E-state index contributed by atoms with van der Waals surface area (Å²) in [6.07, 6.45) is 0. The maximum absolute atomic E-state index is 12.6. The summed E-state index contributed by atoms with van der Waals surface area (Å²) in [6, 6.07) is 13.9. The number of ether oxygens (including phenoxy) is 1. The van der Waals surface area contributed by atoms with E-state index in [0.717, 1.165) is 11.3 Å². The van der Waals surface area contributed by atoms with Crippen molar-refractivity contribution in [3.63, 3.8) is 0 Å². The number of amides is 2. The van der Waals surface area contributed by atoms with E-state index in [-0.39, 0.29) is 21.8 Å². The molecule has 0 radical (unpaired) electrons. The maximum Gasteiger partial charge on any atom is 0.257 e. The normalized spacial score (nSPS) is 10.6. The molecule has 0 aliphatic heterocycles. The molecule has 3 N–H and O–H groups in total. The Morgan fingerprint density at radius 1 is 0.886 bits per heavy atom. The van der Waals surface area contributed by atoms with E-state index in [0.29, 0.717) is 43.2 Å². The van der Waals surface area contributed by atoms with Gasteiger partial charge in [0.05, 0.1) is 22.7 Å². The summed E-state index contributed by atoms with van der Waals surface area (Å²) in [7, 11) is 1.50. The molecule has 178 valence electrons. The average molecular weight is 550 g/mol. The summed E-state index contributed by atoms with van der Waals surface area (Å²) < 4.78 is 5.09. The summed E-state index contributed by atoms with van der Waals surface area (Å²) in [5, 5.41) is 24.7. The van der Waals surface area contributed by atoms with Crippen LogP contribution < -0.4 is 15.4 Å². The number of phenols is 1. The van der Waals surface area contributed by atoms with Gasteiger partial charge in [-0.3, -0.25) is 14.9 Å². The molecule has 4 rings (SSSR count). The van der Waals surface area contributed by atoms with Crippen LogP contribution in [0.3, 0.4) is 0 Å². The number of aromatic nitrogens is 2. The van der Waals surface area contributed by atoms with Crippen LogP contribution in [0.4, 0.5) is 10.8 Å². The van der Waals surface area contributed by atoms with Crippen LogP contribution >= 0.6 is 46.1 Å². The molecule has 12 heteroatoms. The summed E-state index contributed by atoms with van der Waals surface area (Å²) in [4.78, 5) is 25.1. The van der Waals surface area contributed by atoms with Gasteiger partial charge in [0.15, 0.2) is 5.01 Å². The number of hydrogen-bond acceptors (Lipinski definition) is 7. The first-order valence-corrected chi connectivity index (χ1v) is 11.8. The monoisotopic (exact) mass is 548 g/mol. The average Bonchev–Trinajstić information content (AvgIpc) is 3.29. The van der Waals surface area contributed by atoms with Crippen molar-refractivity contribution in [1.82, 2.24) is 10.2 Å². The summed E-state index contributed by atoms with van der Waals surface area (Å²) in [5.74, 6) is -0.506. The summed E-state index contributed by atoms with van der Waals surface area (Å²) in [6.45, 7) is 0. The third kappa shape index (κ3) is 5.66. The van der Waals surface area contributed by atoms with Gasteiger partial charge < -0.3 is 15.2 Å². The molecule has 0 saturated heterocycles. The van der Waals surface area contributed by atoms with E-state index in [1.807, 2.05) is 0 Å². The highest BCUT2D eigenvalue weighted by Gasteiger charge is 2.17. The summed E-state index contributed by atoms with van der Waals surface area (Å²) >= 11 is 19.1. The van der Waals surface area contributed by atoms with Crippen LogP contribution in [0, 0.1) is 0 Å². The van der Waals surface area contributed by atoms with Crippen molar-refractivity contribution < 1.29 is 19.4 Å². The number of phenolic OH excluding ortho intramolecular Hbond substituents is 1. The molecule has 0 aliphatic rings. The van der Waals surface area contributed by atoms with Crippen molar-refractivity contribution in [3.05, 3.63) is 80.8 Å². The molecular formula is C23H15Cl3N4O4S. The number of anilines is 2. The Morgan fingerprint density at radius 3 is 2.17 bits per heavy atom. The lowest BCUT2D eigenvalue weighted by molar-refractivity contribution is 0.101. The Balaban J connectivity index is 1.42. The van der Waals surface area contributed by atoms with Gasteiger partial charge in [-0.1, -0.05) is 46.1 Å². The Bertz CT molecular complexity index is 1430. The predicted octanol–water partition coefficient (Wildman–Crippen LogP) is 6.38. The zero-order valence-electron chi connectivity index (χ0n) is 17.8. The van der Waals surface area contributed by atoms with E-state index in [9.17, 15) is 14.7 Å². The lowest BCUT2D eigenvalue weighted by Gasteiger charge is -2.08. The number of hydrogen-bond donors (Lipinski definition) is 3. The molecular weight excluding hydrogens is 535 g/mol.